The van der Waals surface area contributed by atoms with Crippen molar-refractivity contribution in [2.75, 3.05) is 26.8 Å². The summed E-state index contributed by atoms with van der Waals surface area (Å²) in [7, 11) is 1.78. The average molecular weight is 194 g/mol. The number of halogens is 1. The molecule has 0 radical (unpaired) electrons. The lowest BCUT2D eigenvalue weighted by Gasteiger charge is -2.22. The van der Waals surface area contributed by atoms with Gasteiger partial charge in [-0.2, -0.15) is 0 Å². The van der Waals surface area contributed by atoms with E-state index in [0.29, 0.717) is 0 Å². The predicted octanol–water partition coefficient (Wildman–Crippen LogP) is 1.83. The molecule has 0 aromatic carbocycles. The number of ether oxygens (including phenoxy) is 1. The van der Waals surface area contributed by atoms with Crippen molar-refractivity contribution in [2.24, 2.45) is 5.92 Å². The molecule has 0 amide bonds. The van der Waals surface area contributed by atoms with E-state index in [9.17, 15) is 0 Å². The van der Waals surface area contributed by atoms with Gasteiger partial charge < -0.3 is 10.1 Å². The second kappa shape index (κ2) is 7.84. The maximum Gasteiger partial charge on any atom is 0.0462 e. The molecule has 0 aromatic heterocycles. The van der Waals surface area contributed by atoms with E-state index >= 15 is 0 Å². The Hall–Kier alpha value is 0.210. The Bertz CT molecular complexity index is 94.5. The molecule has 1 atom stereocenters. The van der Waals surface area contributed by atoms with Gasteiger partial charge in [-0.15, -0.1) is 12.4 Å². The molecule has 12 heavy (non-hydrogen) atoms. The van der Waals surface area contributed by atoms with Gasteiger partial charge in [-0.05, 0) is 44.7 Å². The van der Waals surface area contributed by atoms with Crippen LogP contribution in [0.1, 0.15) is 25.7 Å². The van der Waals surface area contributed by atoms with Gasteiger partial charge in [0.05, 0.1) is 0 Å². The van der Waals surface area contributed by atoms with Crippen molar-refractivity contribution in [1.29, 1.82) is 0 Å². The van der Waals surface area contributed by atoms with Crippen LogP contribution in [0.15, 0.2) is 0 Å². The molecule has 1 heterocycles. The number of hydrogen-bond donors (Lipinski definition) is 1. The molecule has 0 aliphatic carbocycles. The summed E-state index contributed by atoms with van der Waals surface area (Å²) in [6.07, 6.45) is 5.33. The average Bonchev–Trinajstić information content (AvgIpc) is 2.07. The van der Waals surface area contributed by atoms with E-state index in [-0.39, 0.29) is 12.4 Å². The molecule has 1 N–H and O–H groups in total. The molecule has 2 nitrogen and oxygen atoms in total. The molecular weight excluding hydrogens is 174 g/mol. The van der Waals surface area contributed by atoms with Gasteiger partial charge in [-0.25, -0.2) is 0 Å². The van der Waals surface area contributed by atoms with Gasteiger partial charge in [0.15, 0.2) is 0 Å². The Morgan fingerprint density at radius 1 is 1.50 bits per heavy atom. The van der Waals surface area contributed by atoms with Crippen LogP contribution in [0.25, 0.3) is 0 Å². The summed E-state index contributed by atoms with van der Waals surface area (Å²) in [5.74, 6) is 0.916. The fraction of sp³-hybridized carbons (Fsp3) is 1.00. The summed E-state index contributed by atoms with van der Waals surface area (Å²) in [6.45, 7) is 3.38. The first kappa shape index (κ1) is 12.2. The maximum absolute atomic E-state index is 5.01. The zero-order chi connectivity index (χ0) is 7.94. The molecule has 0 bridgehead atoms. The molecule has 3 heteroatoms. The van der Waals surface area contributed by atoms with E-state index in [4.69, 9.17) is 4.74 Å². The molecule has 1 saturated heterocycles. The van der Waals surface area contributed by atoms with Gasteiger partial charge in [-0.3, -0.25) is 0 Å². The van der Waals surface area contributed by atoms with Crippen LogP contribution in [0.2, 0.25) is 0 Å². The molecule has 1 aliphatic rings. The fourth-order valence-electron chi connectivity index (χ4n) is 1.69. The molecule has 74 valence electrons. The molecule has 0 spiro atoms. The highest BCUT2D eigenvalue weighted by atomic mass is 35.5. The van der Waals surface area contributed by atoms with Gasteiger partial charge >= 0.3 is 0 Å². The quantitative estimate of drug-likeness (QED) is 0.688. The number of methoxy groups -OCH3 is 1. The van der Waals surface area contributed by atoms with Crippen molar-refractivity contribution in [3.63, 3.8) is 0 Å². The molecule has 1 aliphatic heterocycles. The van der Waals surface area contributed by atoms with Crippen molar-refractivity contribution < 1.29 is 4.74 Å². The van der Waals surface area contributed by atoms with E-state index in [1.807, 2.05) is 0 Å². The van der Waals surface area contributed by atoms with Crippen LogP contribution in [-0.2, 0) is 4.74 Å². The van der Waals surface area contributed by atoms with Crippen LogP contribution in [0.5, 0.6) is 0 Å². The van der Waals surface area contributed by atoms with E-state index in [0.717, 1.165) is 12.5 Å². The summed E-state index contributed by atoms with van der Waals surface area (Å²) >= 11 is 0. The number of piperidine rings is 1. The highest BCUT2D eigenvalue weighted by molar-refractivity contribution is 5.85. The standard InChI is InChI=1S/C9H19NO.ClH/c1-11-7-3-5-9-4-2-6-10-8-9;/h9-10H,2-8H2,1H3;1H. The normalized spacial score (nSPS) is 23.2. The highest BCUT2D eigenvalue weighted by Gasteiger charge is 2.11. The zero-order valence-electron chi connectivity index (χ0n) is 7.84. The molecular formula is C9H20ClNO. The van der Waals surface area contributed by atoms with Crippen molar-refractivity contribution >= 4 is 12.4 Å². The van der Waals surface area contributed by atoms with Crippen molar-refractivity contribution in [2.45, 2.75) is 25.7 Å². The monoisotopic (exact) mass is 193 g/mol. The van der Waals surface area contributed by atoms with Crippen molar-refractivity contribution in [1.82, 2.24) is 5.32 Å². The summed E-state index contributed by atoms with van der Waals surface area (Å²) in [6, 6.07) is 0. The molecule has 1 unspecified atom stereocenters. The molecule has 0 saturated carbocycles. The highest BCUT2D eigenvalue weighted by Crippen LogP contribution is 2.15. The Balaban J connectivity index is 0.00000121. The first-order valence-corrected chi connectivity index (χ1v) is 4.63. The summed E-state index contributed by atoms with van der Waals surface area (Å²) in [5, 5.41) is 3.42. The van der Waals surface area contributed by atoms with Crippen LogP contribution < -0.4 is 5.32 Å². The number of hydrogen-bond acceptors (Lipinski definition) is 2. The second-order valence-electron chi connectivity index (χ2n) is 3.35. The molecule has 0 aromatic rings. The largest absolute Gasteiger partial charge is 0.385 e. The van der Waals surface area contributed by atoms with Crippen LogP contribution in [0.3, 0.4) is 0 Å². The van der Waals surface area contributed by atoms with Crippen molar-refractivity contribution in [3.8, 4) is 0 Å². The lowest BCUT2D eigenvalue weighted by atomic mass is 9.95. The van der Waals surface area contributed by atoms with Gasteiger partial charge in [0, 0.05) is 13.7 Å². The zero-order valence-corrected chi connectivity index (χ0v) is 8.66. The minimum Gasteiger partial charge on any atom is -0.385 e. The third-order valence-corrected chi connectivity index (χ3v) is 2.36. The Labute approximate surface area is 81.5 Å². The number of nitrogens with one attached hydrogen (secondary N) is 1. The summed E-state index contributed by atoms with van der Waals surface area (Å²) < 4.78 is 5.01. The predicted molar refractivity (Wildman–Crippen MR) is 54.0 cm³/mol. The fourth-order valence-corrected chi connectivity index (χ4v) is 1.69. The van der Waals surface area contributed by atoms with E-state index < -0.39 is 0 Å². The Kier molecular flexibility index (Phi) is 7.98. The van der Waals surface area contributed by atoms with Gasteiger partial charge in [0.2, 0.25) is 0 Å². The first-order chi connectivity index (χ1) is 5.43. The van der Waals surface area contributed by atoms with Crippen LogP contribution in [0, 0.1) is 5.92 Å². The SMILES string of the molecule is COCCCC1CCCNC1.Cl. The molecule has 1 fully saturated rings. The van der Waals surface area contributed by atoms with Crippen LogP contribution >= 0.6 is 12.4 Å². The molecule has 1 rings (SSSR count). The summed E-state index contributed by atoms with van der Waals surface area (Å²) in [5.41, 5.74) is 0. The minimum atomic E-state index is 0. The smallest absolute Gasteiger partial charge is 0.0462 e. The Morgan fingerprint density at radius 3 is 2.92 bits per heavy atom. The third-order valence-electron chi connectivity index (χ3n) is 2.36. The lowest BCUT2D eigenvalue weighted by molar-refractivity contribution is 0.183. The van der Waals surface area contributed by atoms with Gasteiger partial charge in [0.25, 0.3) is 0 Å². The van der Waals surface area contributed by atoms with Gasteiger partial charge in [0.1, 0.15) is 0 Å². The summed E-state index contributed by atoms with van der Waals surface area (Å²) in [4.78, 5) is 0. The van der Waals surface area contributed by atoms with Crippen LogP contribution in [0.4, 0.5) is 0 Å². The van der Waals surface area contributed by atoms with Crippen molar-refractivity contribution in [3.05, 3.63) is 0 Å². The van der Waals surface area contributed by atoms with E-state index in [1.165, 1.54) is 38.8 Å². The van der Waals surface area contributed by atoms with Crippen LogP contribution in [-0.4, -0.2) is 26.8 Å². The van der Waals surface area contributed by atoms with E-state index in [1.54, 1.807) is 7.11 Å². The minimum absolute atomic E-state index is 0. The maximum atomic E-state index is 5.01. The first-order valence-electron chi connectivity index (χ1n) is 4.63. The topological polar surface area (TPSA) is 21.3 Å². The number of rotatable bonds is 4. The third kappa shape index (κ3) is 4.96. The van der Waals surface area contributed by atoms with Gasteiger partial charge in [-0.1, -0.05) is 0 Å². The second-order valence-corrected chi connectivity index (χ2v) is 3.35. The van der Waals surface area contributed by atoms with E-state index in [2.05, 4.69) is 5.32 Å². The lowest BCUT2D eigenvalue weighted by Crippen LogP contribution is -2.29. The Morgan fingerprint density at radius 2 is 2.33 bits per heavy atom.